The molecule has 1 amide bonds. The third-order valence-corrected chi connectivity index (χ3v) is 4.16. The van der Waals surface area contributed by atoms with E-state index in [1.807, 2.05) is 0 Å². The van der Waals surface area contributed by atoms with Crippen molar-refractivity contribution in [2.24, 2.45) is 11.8 Å². The molecule has 2 N–H and O–H groups in total. The first-order chi connectivity index (χ1) is 10.9. The Morgan fingerprint density at radius 1 is 1.39 bits per heavy atom. The molecule has 0 aliphatic carbocycles. The lowest BCUT2D eigenvalue weighted by molar-refractivity contribution is -0.904. The summed E-state index contributed by atoms with van der Waals surface area (Å²) < 4.78 is 5.16. The van der Waals surface area contributed by atoms with Gasteiger partial charge in [0.05, 0.1) is 30.8 Å². The van der Waals surface area contributed by atoms with Gasteiger partial charge < -0.3 is 15.0 Å². The number of ether oxygens (including phenoxy) is 1. The van der Waals surface area contributed by atoms with Crippen LogP contribution in [0.2, 0.25) is 0 Å². The highest BCUT2D eigenvalue weighted by Crippen LogP contribution is 2.28. The topological polar surface area (TPSA) is 85.9 Å². The molecule has 1 aromatic rings. The van der Waals surface area contributed by atoms with Crippen molar-refractivity contribution in [2.45, 2.75) is 20.3 Å². The van der Waals surface area contributed by atoms with Crippen LogP contribution in [0.15, 0.2) is 18.2 Å². The molecule has 7 nitrogen and oxygen atoms in total. The molecule has 0 unspecified atom stereocenters. The maximum atomic E-state index is 12.3. The molecule has 2 rings (SSSR count). The number of carbonyl (C=O) groups excluding carboxylic acids is 1. The van der Waals surface area contributed by atoms with E-state index >= 15 is 0 Å². The number of nitrogens with zero attached hydrogens (tertiary/aromatic N) is 1. The molecular formula is C16H24N3O4+. The van der Waals surface area contributed by atoms with Crippen molar-refractivity contribution in [3.63, 3.8) is 0 Å². The van der Waals surface area contributed by atoms with E-state index in [4.69, 9.17) is 4.74 Å². The summed E-state index contributed by atoms with van der Waals surface area (Å²) in [7, 11) is 1.47. The average molecular weight is 322 g/mol. The molecular weight excluding hydrogens is 298 g/mol. The summed E-state index contributed by atoms with van der Waals surface area (Å²) in [6, 6.07) is 4.17. The number of benzene rings is 1. The van der Waals surface area contributed by atoms with Gasteiger partial charge in [-0.05, 0) is 12.5 Å². The molecule has 1 aliphatic heterocycles. The fraction of sp³-hybridized carbons (Fsp3) is 0.562. The molecule has 1 aromatic carbocycles. The molecule has 1 heterocycles. The lowest BCUT2D eigenvalue weighted by atomic mass is 9.92. The third kappa shape index (κ3) is 4.66. The van der Waals surface area contributed by atoms with Crippen molar-refractivity contribution in [3.05, 3.63) is 28.3 Å². The Morgan fingerprint density at radius 2 is 2.04 bits per heavy atom. The number of methoxy groups -OCH3 is 1. The average Bonchev–Trinajstić information content (AvgIpc) is 2.45. The Bertz CT molecular complexity index is 581. The molecule has 0 saturated carbocycles. The van der Waals surface area contributed by atoms with Gasteiger partial charge in [0.25, 0.3) is 11.6 Å². The lowest BCUT2D eigenvalue weighted by Crippen LogP contribution is -3.15. The van der Waals surface area contributed by atoms with Gasteiger partial charge >= 0.3 is 0 Å². The second-order valence-corrected chi connectivity index (χ2v) is 6.47. The number of hydrogen-bond donors (Lipinski definition) is 2. The van der Waals surface area contributed by atoms with Gasteiger partial charge in [-0.3, -0.25) is 14.9 Å². The van der Waals surface area contributed by atoms with E-state index in [-0.39, 0.29) is 11.6 Å². The zero-order valence-corrected chi connectivity index (χ0v) is 13.8. The van der Waals surface area contributed by atoms with E-state index in [1.165, 1.54) is 36.6 Å². The van der Waals surface area contributed by atoms with Crippen LogP contribution < -0.4 is 15.0 Å². The number of anilines is 1. The number of amides is 1. The zero-order chi connectivity index (χ0) is 17.0. The largest absolute Gasteiger partial charge is 0.495 e. The van der Waals surface area contributed by atoms with Gasteiger partial charge in [-0.15, -0.1) is 0 Å². The highest BCUT2D eigenvalue weighted by molar-refractivity contribution is 5.93. The lowest BCUT2D eigenvalue weighted by Gasteiger charge is -2.31. The summed E-state index contributed by atoms with van der Waals surface area (Å²) in [5.41, 5.74) is 0.262. The number of nitro groups is 1. The highest BCUT2D eigenvalue weighted by Gasteiger charge is 2.27. The van der Waals surface area contributed by atoms with Crippen molar-refractivity contribution < 1.29 is 19.4 Å². The Morgan fingerprint density at radius 3 is 2.61 bits per heavy atom. The van der Waals surface area contributed by atoms with E-state index in [2.05, 4.69) is 19.2 Å². The van der Waals surface area contributed by atoms with Gasteiger partial charge in [0.2, 0.25) is 0 Å². The Kier molecular flexibility index (Phi) is 5.54. The van der Waals surface area contributed by atoms with Crippen LogP contribution in [0.3, 0.4) is 0 Å². The van der Waals surface area contributed by atoms with E-state index in [0.717, 1.165) is 13.1 Å². The van der Waals surface area contributed by atoms with Crippen molar-refractivity contribution in [1.29, 1.82) is 0 Å². The molecule has 0 spiro atoms. The Hall–Kier alpha value is -2.15. The van der Waals surface area contributed by atoms with Gasteiger partial charge in [0.15, 0.2) is 6.54 Å². The molecule has 0 radical (unpaired) electrons. The van der Waals surface area contributed by atoms with Gasteiger partial charge in [0.1, 0.15) is 5.75 Å². The number of hydrogen-bond acceptors (Lipinski definition) is 4. The maximum absolute atomic E-state index is 12.3. The fourth-order valence-corrected chi connectivity index (χ4v) is 3.40. The Balaban J connectivity index is 2.04. The van der Waals surface area contributed by atoms with Crippen LogP contribution in [0.25, 0.3) is 0 Å². The molecule has 7 heteroatoms. The van der Waals surface area contributed by atoms with E-state index in [0.29, 0.717) is 29.8 Å². The smallest absolute Gasteiger partial charge is 0.279 e. The second-order valence-electron chi connectivity index (χ2n) is 6.47. The van der Waals surface area contributed by atoms with Crippen LogP contribution in [-0.2, 0) is 4.79 Å². The predicted molar refractivity (Wildman–Crippen MR) is 86.8 cm³/mol. The number of quaternary nitrogens is 1. The van der Waals surface area contributed by atoms with Crippen LogP contribution in [-0.4, -0.2) is 37.6 Å². The van der Waals surface area contributed by atoms with Crippen LogP contribution in [0.5, 0.6) is 5.75 Å². The maximum Gasteiger partial charge on any atom is 0.279 e. The summed E-state index contributed by atoms with van der Waals surface area (Å²) in [6.45, 7) is 6.72. The molecule has 1 saturated heterocycles. The summed E-state index contributed by atoms with van der Waals surface area (Å²) in [6.07, 6.45) is 1.20. The monoisotopic (exact) mass is 322 g/mol. The summed E-state index contributed by atoms with van der Waals surface area (Å²) >= 11 is 0. The van der Waals surface area contributed by atoms with Crippen molar-refractivity contribution in [1.82, 2.24) is 0 Å². The molecule has 0 aromatic heterocycles. The first-order valence-corrected chi connectivity index (χ1v) is 7.85. The molecule has 23 heavy (non-hydrogen) atoms. The predicted octanol–water partition coefficient (Wildman–Crippen LogP) is 1.10. The highest BCUT2D eigenvalue weighted by atomic mass is 16.6. The standard InChI is InChI=1S/C16H23N3O4/c1-11-6-12(2)9-18(8-11)10-16(20)17-14-7-13(19(21)22)4-5-15(14)23-3/h4-5,7,11-12H,6,8-10H2,1-3H3,(H,17,20)/p+1/t11-,12-/m1/s1. The number of rotatable bonds is 5. The number of non-ortho nitro benzene ring substituents is 1. The summed E-state index contributed by atoms with van der Waals surface area (Å²) in [5, 5.41) is 13.6. The number of nitrogens with one attached hydrogen (secondary N) is 2. The van der Waals surface area contributed by atoms with E-state index < -0.39 is 4.92 Å². The number of nitro benzene ring substituents is 1. The normalized spacial score (nSPS) is 24.0. The molecule has 0 bridgehead atoms. The van der Waals surface area contributed by atoms with Crippen molar-refractivity contribution in [2.75, 3.05) is 32.1 Å². The van der Waals surface area contributed by atoms with Crippen LogP contribution in [0.4, 0.5) is 11.4 Å². The van der Waals surface area contributed by atoms with Crippen LogP contribution >= 0.6 is 0 Å². The van der Waals surface area contributed by atoms with Crippen LogP contribution in [0, 0.1) is 22.0 Å². The van der Waals surface area contributed by atoms with E-state index in [9.17, 15) is 14.9 Å². The minimum atomic E-state index is -0.492. The van der Waals surface area contributed by atoms with Crippen LogP contribution in [0.1, 0.15) is 20.3 Å². The molecule has 126 valence electrons. The van der Waals surface area contributed by atoms with Gasteiger partial charge in [-0.25, -0.2) is 0 Å². The number of piperidine rings is 1. The van der Waals surface area contributed by atoms with Crippen molar-refractivity contribution >= 4 is 17.3 Å². The molecule has 2 atom stereocenters. The SMILES string of the molecule is COc1ccc([N+](=O)[O-])cc1NC(=O)C[NH+]1C[C@H](C)C[C@@H](C)C1. The van der Waals surface area contributed by atoms with Gasteiger partial charge in [0, 0.05) is 24.0 Å². The minimum Gasteiger partial charge on any atom is -0.495 e. The number of likely N-dealkylation sites (tertiary alicyclic amines) is 1. The first kappa shape index (κ1) is 17.2. The minimum absolute atomic E-state index is 0.0753. The summed E-state index contributed by atoms with van der Waals surface area (Å²) in [4.78, 5) is 23.9. The Labute approximate surface area is 135 Å². The quantitative estimate of drug-likeness (QED) is 0.628. The third-order valence-electron chi connectivity index (χ3n) is 4.16. The summed E-state index contributed by atoms with van der Waals surface area (Å²) in [5.74, 6) is 1.47. The second kappa shape index (κ2) is 7.41. The van der Waals surface area contributed by atoms with E-state index in [1.54, 1.807) is 0 Å². The van der Waals surface area contributed by atoms with Gasteiger partial charge in [-0.1, -0.05) is 13.8 Å². The molecule has 1 fully saturated rings. The zero-order valence-electron chi connectivity index (χ0n) is 13.8. The first-order valence-electron chi connectivity index (χ1n) is 7.85. The fourth-order valence-electron chi connectivity index (χ4n) is 3.40. The molecule has 1 aliphatic rings. The van der Waals surface area contributed by atoms with Gasteiger partial charge in [-0.2, -0.15) is 0 Å². The number of carbonyl (C=O) groups is 1. The van der Waals surface area contributed by atoms with Crippen molar-refractivity contribution in [3.8, 4) is 5.75 Å².